The maximum absolute atomic E-state index is 12.2. The Morgan fingerprint density at radius 1 is 1.39 bits per heavy atom. The number of H-pyrrole nitrogens is 1. The van der Waals surface area contributed by atoms with Gasteiger partial charge in [0.15, 0.2) is 0 Å². The summed E-state index contributed by atoms with van der Waals surface area (Å²) in [6.45, 7) is 6.36. The van der Waals surface area contributed by atoms with Crippen molar-refractivity contribution in [3.8, 4) is 5.75 Å². The molecule has 0 aliphatic carbocycles. The fourth-order valence-corrected chi connectivity index (χ4v) is 2.85. The van der Waals surface area contributed by atoms with Crippen molar-refractivity contribution in [2.75, 3.05) is 33.8 Å². The summed E-state index contributed by atoms with van der Waals surface area (Å²) in [5.41, 5.74) is 1.97. The Labute approximate surface area is 138 Å². The van der Waals surface area contributed by atoms with Gasteiger partial charge in [-0.05, 0) is 44.6 Å². The number of ether oxygens (including phenoxy) is 1. The van der Waals surface area contributed by atoms with Crippen molar-refractivity contribution < 1.29 is 9.53 Å². The molecule has 1 aromatic carbocycles. The second kappa shape index (κ2) is 8.02. The Kier molecular flexibility index (Phi) is 6.04. The van der Waals surface area contributed by atoms with E-state index in [4.69, 9.17) is 4.74 Å². The smallest absolute Gasteiger partial charge is 0.224 e. The van der Waals surface area contributed by atoms with Gasteiger partial charge in [-0.15, -0.1) is 0 Å². The van der Waals surface area contributed by atoms with Crippen LogP contribution in [0.15, 0.2) is 24.4 Å². The van der Waals surface area contributed by atoms with Crippen molar-refractivity contribution in [3.63, 3.8) is 0 Å². The van der Waals surface area contributed by atoms with Crippen LogP contribution in [0.3, 0.4) is 0 Å². The molecule has 1 atom stereocenters. The van der Waals surface area contributed by atoms with Crippen LogP contribution < -0.4 is 10.1 Å². The van der Waals surface area contributed by atoms with Crippen molar-refractivity contribution in [2.24, 2.45) is 5.92 Å². The third kappa shape index (κ3) is 4.73. The molecular formula is C18H27N3O2. The van der Waals surface area contributed by atoms with E-state index in [1.807, 2.05) is 45.4 Å². The SMILES string of the molecule is CCOc1cccc2[nH]cc(CC(=O)NCC(C)CN(C)C)c12. The number of aromatic amines is 1. The van der Waals surface area contributed by atoms with E-state index in [2.05, 4.69) is 22.1 Å². The molecule has 0 spiro atoms. The van der Waals surface area contributed by atoms with Gasteiger partial charge >= 0.3 is 0 Å². The van der Waals surface area contributed by atoms with Crippen molar-refractivity contribution >= 4 is 16.8 Å². The highest BCUT2D eigenvalue weighted by molar-refractivity contribution is 5.93. The van der Waals surface area contributed by atoms with Crippen LogP contribution in [0.2, 0.25) is 0 Å². The topological polar surface area (TPSA) is 57.4 Å². The molecular weight excluding hydrogens is 290 g/mol. The molecule has 2 aromatic rings. The van der Waals surface area contributed by atoms with Crippen LogP contribution >= 0.6 is 0 Å². The third-order valence-corrected chi connectivity index (χ3v) is 3.72. The van der Waals surface area contributed by atoms with Crippen LogP contribution in [-0.4, -0.2) is 49.6 Å². The van der Waals surface area contributed by atoms with E-state index in [1.54, 1.807) is 0 Å². The van der Waals surface area contributed by atoms with E-state index >= 15 is 0 Å². The van der Waals surface area contributed by atoms with E-state index in [1.165, 1.54) is 0 Å². The van der Waals surface area contributed by atoms with E-state index in [-0.39, 0.29) is 5.91 Å². The molecule has 0 bridgehead atoms. The van der Waals surface area contributed by atoms with Gasteiger partial charge in [-0.3, -0.25) is 4.79 Å². The van der Waals surface area contributed by atoms with Crippen LogP contribution in [0.25, 0.3) is 10.9 Å². The fraction of sp³-hybridized carbons (Fsp3) is 0.500. The number of carbonyl (C=O) groups is 1. The number of benzene rings is 1. The Hall–Kier alpha value is -2.01. The van der Waals surface area contributed by atoms with Crippen LogP contribution in [-0.2, 0) is 11.2 Å². The predicted octanol–water partition coefficient (Wildman–Crippen LogP) is 2.42. The molecule has 0 aliphatic heterocycles. The highest BCUT2D eigenvalue weighted by Gasteiger charge is 2.13. The van der Waals surface area contributed by atoms with Gasteiger partial charge in [-0.2, -0.15) is 0 Å². The van der Waals surface area contributed by atoms with Crippen molar-refractivity contribution in [1.29, 1.82) is 0 Å². The average molecular weight is 317 g/mol. The lowest BCUT2D eigenvalue weighted by Crippen LogP contribution is -2.33. The van der Waals surface area contributed by atoms with E-state index < -0.39 is 0 Å². The standard InChI is InChI=1S/C18H27N3O2/c1-5-23-16-8-6-7-15-18(16)14(11-19-15)9-17(22)20-10-13(2)12-21(3)4/h6-8,11,13,19H,5,9-10,12H2,1-4H3,(H,20,22). The van der Waals surface area contributed by atoms with Crippen LogP contribution in [0.4, 0.5) is 0 Å². The van der Waals surface area contributed by atoms with Crippen molar-refractivity contribution in [3.05, 3.63) is 30.0 Å². The second-order valence-electron chi connectivity index (χ2n) is 6.27. The minimum Gasteiger partial charge on any atom is -0.493 e. The lowest BCUT2D eigenvalue weighted by molar-refractivity contribution is -0.120. The van der Waals surface area contributed by atoms with Gasteiger partial charge in [0, 0.05) is 30.2 Å². The zero-order valence-electron chi connectivity index (χ0n) is 14.5. The van der Waals surface area contributed by atoms with Crippen LogP contribution in [0.5, 0.6) is 5.75 Å². The molecule has 1 unspecified atom stereocenters. The first-order valence-corrected chi connectivity index (χ1v) is 8.14. The first-order chi connectivity index (χ1) is 11.0. The van der Waals surface area contributed by atoms with E-state index in [0.29, 0.717) is 25.5 Å². The van der Waals surface area contributed by atoms with Gasteiger partial charge in [0.05, 0.1) is 13.0 Å². The number of fused-ring (bicyclic) bond motifs is 1. The minimum absolute atomic E-state index is 0.0443. The van der Waals surface area contributed by atoms with Gasteiger partial charge < -0.3 is 19.9 Å². The summed E-state index contributed by atoms with van der Waals surface area (Å²) in [5.74, 6) is 1.30. The third-order valence-electron chi connectivity index (χ3n) is 3.72. The quantitative estimate of drug-likeness (QED) is 0.786. The normalized spacial score (nSPS) is 12.6. The van der Waals surface area contributed by atoms with Crippen LogP contribution in [0, 0.1) is 5.92 Å². The molecule has 0 radical (unpaired) electrons. The summed E-state index contributed by atoms with van der Waals surface area (Å²) in [6.07, 6.45) is 2.26. The molecule has 0 saturated carbocycles. The average Bonchev–Trinajstić information content (AvgIpc) is 2.89. The molecule has 2 rings (SSSR count). The lowest BCUT2D eigenvalue weighted by atomic mass is 10.1. The Morgan fingerprint density at radius 2 is 2.17 bits per heavy atom. The fourth-order valence-electron chi connectivity index (χ4n) is 2.85. The number of hydrogen-bond donors (Lipinski definition) is 2. The number of amides is 1. The zero-order valence-corrected chi connectivity index (χ0v) is 14.5. The van der Waals surface area contributed by atoms with E-state index in [0.717, 1.165) is 28.8 Å². The van der Waals surface area contributed by atoms with Gasteiger partial charge in [0.25, 0.3) is 0 Å². The molecule has 5 nitrogen and oxygen atoms in total. The summed E-state index contributed by atoms with van der Waals surface area (Å²) in [5, 5.41) is 4.03. The van der Waals surface area contributed by atoms with Gasteiger partial charge in [-0.25, -0.2) is 0 Å². The van der Waals surface area contributed by atoms with E-state index in [9.17, 15) is 4.79 Å². The Bertz CT molecular complexity index is 649. The van der Waals surface area contributed by atoms with Crippen molar-refractivity contribution in [1.82, 2.24) is 15.2 Å². The maximum Gasteiger partial charge on any atom is 0.224 e. The summed E-state index contributed by atoms with van der Waals surface area (Å²) in [4.78, 5) is 17.6. The maximum atomic E-state index is 12.2. The highest BCUT2D eigenvalue weighted by atomic mass is 16.5. The number of carbonyl (C=O) groups excluding carboxylic acids is 1. The Morgan fingerprint density at radius 3 is 2.87 bits per heavy atom. The lowest BCUT2D eigenvalue weighted by Gasteiger charge is -2.17. The summed E-state index contributed by atoms with van der Waals surface area (Å²) in [7, 11) is 4.08. The number of nitrogens with zero attached hydrogens (tertiary/aromatic N) is 1. The molecule has 1 heterocycles. The number of nitrogens with one attached hydrogen (secondary N) is 2. The number of aromatic nitrogens is 1. The minimum atomic E-state index is 0.0443. The molecule has 1 amide bonds. The molecule has 126 valence electrons. The second-order valence-corrected chi connectivity index (χ2v) is 6.27. The van der Waals surface area contributed by atoms with Crippen LogP contribution in [0.1, 0.15) is 19.4 Å². The first kappa shape index (κ1) is 17.3. The molecule has 2 N–H and O–H groups in total. The summed E-state index contributed by atoms with van der Waals surface area (Å²) in [6, 6.07) is 5.90. The van der Waals surface area contributed by atoms with Crippen molar-refractivity contribution in [2.45, 2.75) is 20.3 Å². The highest BCUT2D eigenvalue weighted by Crippen LogP contribution is 2.29. The number of hydrogen-bond acceptors (Lipinski definition) is 3. The first-order valence-electron chi connectivity index (χ1n) is 8.14. The number of rotatable bonds is 8. The van der Waals surface area contributed by atoms with Gasteiger partial charge in [-0.1, -0.05) is 13.0 Å². The predicted molar refractivity (Wildman–Crippen MR) is 93.9 cm³/mol. The molecule has 0 fully saturated rings. The molecule has 0 saturated heterocycles. The summed E-state index contributed by atoms with van der Waals surface area (Å²) < 4.78 is 5.68. The van der Waals surface area contributed by atoms with Gasteiger partial charge in [0.2, 0.25) is 5.91 Å². The molecule has 5 heteroatoms. The molecule has 23 heavy (non-hydrogen) atoms. The Balaban J connectivity index is 2.02. The van der Waals surface area contributed by atoms with Gasteiger partial charge in [0.1, 0.15) is 5.75 Å². The molecule has 0 aliphatic rings. The molecule has 1 aromatic heterocycles. The zero-order chi connectivity index (χ0) is 16.8. The largest absolute Gasteiger partial charge is 0.493 e. The summed E-state index contributed by atoms with van der Waals surface area (Å²) >= 11 is 0. The monoisotopic (exact) mass is 317 g/mol.